The molecule has 0 saturated carbocycles. The molecule has 0 spiro atoms. The van der Waals surface area contributed by atoms with Crippen molar-refractivity contribution >= 4 is 35.0 Å². The topological polar surface area (TPSA) is 41.6 Å². The summed E-state index contributed by atoms with van der Waals surface area (Å²) in [5, 5.41) is 2.80. The van der Waals surface area contributed by atoms with Crippen molar-refractivity contribution in [1.82, 2.24) is 4.90 Å². The fourth-order valence-electron chi connectivity index (χ4n) is 3.22. The molecule has 1 heterocycles. The van der Waals surface area contributed by atoms with Gasteiger partial charge in [0.1, 0.15) is 0 Å². The maximum atomic E-state index is 13.1. The number of carbonyl (C=O) groups is 1. The predicted octanol–water partition coefficient (Wildman–Crippen LogP) is 6.26. The Hall–Kier alpha value is -2.00. The summed E-state index contributed by atoms with van der Waals surface area (Å²) in [5.74, 6) is -4.16. The molecule has 180 valence electrons. The van der Waals surface area contributed by atoms with Gasteiger partial charge in [0.2, 0.25) is 0 Å². The van der Waals surface area contributed by atoms with E-state index in [9.17, 15) is 18.0 Å². The number of hydrogen-bond donors (Lipinski definition) is 1. The SMILES string of the molecule is C=CCC(C)CN1CCOCC1.CSc1cc(C(=O)Nc2cc(F)c(F)c(F)c2)ccc1Cl. The summed E-state index contributed by atoms with van der Waals surface area (Å²) in [4.78, 5) is 15.2. The van der Waals surface area contributed by atoms with E-state index in [4.69, 9.17) is 16.3 Å². The van der Waals surface area contributed by atoms with Crippen molar-refractivity contribution < 1.29 is 22.7 Å². The smallest absolute Gasteiger partial charge is 0.255 e. The van der Waals surface area contributed by atoms with E-state index >= 15 is 0 Å². The first-order valence-electron chi connectivity index (χ1n) is 10.5. The number of ether oxygens (including phenoxy) is 1. The molecule has 3 rings (SSSR count). The maximum absolute atomic E-state index is 13.1. The number of anilines is 1. The van der Waals surface area contributed by atoms with Crippen LogP contribution in [0.25, 0.3) is 0 Å². The van der Waals surface area contributed by atoms with Gasteiger partial charge in [0.25, 0.3) is 5.91 Å². The van der Waals surface area contributed by atoms with Gasteiger partial charge in [-0.25, -0.2) is 13.2 Å². The number of amides is 1. The first-order chi connectivity index (χ1) is 15.7. The van der Waals surface area contributed by atoms with Gasteiger partial charge in [-0.3, -0.25) is 9.69 Å². The first-order valence-corrected chi connectivity index (χ1v) is 12.1. The van der Waals surface area contributed by atoms with Crippen LogP contribution >= 0.6 is 23.4 Å². The Morgan fingerprint density at radius 2 is 1.88 bits per heavy atom. The van der Waals surface area contributed by atoms with Crippen molar-refractivity contribution in [3.05, 3.63) is 71.0 Å². The largest absolute Gasteiger partial charge is 0.379 e. The lowest BCUT2D eigenvalue weighted by molar-refractivity contribution is 0.0320. The molecule has 1 N–H and O–H groups in total. The van der Waals surface area contributed by atoms with Gasteiger partial charge >= 0.3 is 0 Å². The maximum Gasteiger partial charge on any atom is 0.255 e. The van der Waals surface area contributed by atoms with E-state index in [0.717, 1.165) is 38.6 Å². The molecule has 1 amide bonds. The molecule has 1 aliphatic rings. The molecule has 33 heavy (non-hydrogen) atoms. The standard InChI is InChI=1S/C14H9ClF3NOS.C10H19NO/c1-21-12-4-7(2-3-9(12)15)14(20)19-8-5-10(16)13(18)11(17)6-8;1-3-4-10(2)9-11-5-7-12-8-6-11/h2-6H,1H3,(H,19,20);3,10H,1,4-9H2,2H3. The number of nitrogens with one attached hydrogen (secondary N) is 1. The van der Waals surface area contributed by atoms with Crippen LogP contribution in [0, 0.1) is 23.4 Å². The average molecular weight is 501 g/mol. The van der Waals surface area contributed by atoms with Crippen molar-refractivity contribution in [3.63, 3.8) is 0 Å². The highest BCUT2D eigenvalue weighted by Crippen LogP contribution is 2.26. The lowest BCUT2D eigenvalue weighted by atomic mass is 10.1. The molecular weight excluding hydrogens is 473 g/mol. The van der Waals surface area contributed by atoms with Crippen LogP contribution in [0.15, 0.2) is 47.9 Å². The molecule has 1 unspecified atom stereocenters. The highest BCUT2D eigenvalue weighted by molar-refractivity contribution is 7.98. The van der Waals surface area contributed by atoms with Gasteiger partial charge in [-0.1, -0.05) is 24.6 Å². The van der Waals surface area contributed by atoms with Crippen LogP contribution in [0.1, 0.15) is 23.7 Å². The number of allylic oxidation sites excluding steroid dienone is 1. The van der Waals surface area contributed by atoms with Crippen molar-refractivity contribution in [3.8, 4) is 0 Å². The molecule has 0 aromatic heterocycles. The lowest BCUT2D eigenvalue weighted by Crippen LogP contribution is -2.38. The number of nitrogens with zero attached hydrogens (tertiary/aromatic N) is 1. The molecule has 2 aromatic rings. The van der Waals surface area contributed by atoms with Gasteiger partial charge in [-0.05, 0) is 36.8 Å². The van der Waals surface area contributed by atoms with Crippen molar-refractivity contribution in [1.29, 1.82) is 0 Å². The number of carbonyl (C=O) groups excluding carboxylic acids is 1. The first kappa shape index (κ1) is 27.2. The lowest BCUT2D eigenvalue weighted by Gasteiger charge is -2.28. The summed E-state index contributed by atoms with van der Waals surface area (Å²) in [6.45, 7) is 11.2. The normalized spacial score (nSPS) is 14.7. The Kier molecular flexibility index (Phi) is 11.3. The molecule has 1 atom stereocenters. The predicted molar refractivity (Wildman–Crippen MR) is 129 cm³/mol. The van der Waals surface area contributed by atoms with Crippen LogP contribution in [-0.4, -0.2) is 49.9 Å². The van der Waals surface area contributed by atoms with E-state index in [2.05, 4.69) is 23.7 Å². The van der Waals surface area contributed by atoms with Gasteiger partial charge < -0.3 is 10.1 Å². The van der Waals surface area contributed by atoms with E-state index in [0.29, 0.717) is 22.1 Å². The Balaban J connectivity index is 0.000000273. The quantitative estimate of drug-likeness (QED) is 0.277. The summed E-state index contributed by atoms with van der Waals surface area (Å²) in [5.41, 5.74) is 0.103. The van der Waals surface area contributed by atoms with Crippen LogP contribution in [-0.2, 0) is 4.74 Å². The van der Waals surface area contributed by atoms with Crippen LogP contribution in [0.3, 0.4) is 0 Å². The molecule has 1 fully saturated rings. The van der Waals surface area contributed by atoms with E-state index < -0.39 is 23.4 Å². The monoisotopic (exact) mass is 500 g/mol. The zero-order chi connectivity index (χ0) is 24.4. The van der Waals surface area contributed by atoms with E-state index in [1.807, 2.05) is 6.08 Å². The molecule has 0 bridgehead atoms. The van der Waals surface area contributed by atoms with Crippen LogP contribution < -0.4 is 5.32 Å². The fourth-order valence-corrected chi connectivity index (χ4v) is 4.07. The zero-order valence-corrected chi connectivity index (χ0v) is 20.2. The van der Waals surface area contributed by atoms with Gasteiger partial charge in [0.15, 0.2) is 17.5 Å². The number of thioether (sulfide) groups is 1. The Labute approximate surface area is 202 Å². The molecule has 4 nitrogen and oxygen atoms in total. The van der Waals surface area contributed by atoms with Gasteiger partial charge in [-0.15, -0.1) is 18.3 Å². The van der Waals surface area contributed by atoms with Gasteiger partial charge in [-0.2, -0.15) is 0 Å². The zero-order valence-electron chi connectivity index (χ0n) is 18.7. The highest BCUT2D eigenvalue weighted by Gasteiger charge is 2.14. The van der Waals surface area contributed by atoms with Crippen LogP contribution in [0.5, 0.6) is 0 Å². The summed E-state index contributed by atoms with van der Waals surface area (Å²) >= 11 is 7.29. The van der Waals surface area contributed by atoms with Crippen molar-refractivity contribution in [2.24, 2.45) is 5.92 Å². The molecule has 0 aliphatic carbocycles. The average Bonchev–Trinajstić information content (AvgIpc) is 2.79. The Morgan fingerprint density at radius 1 is 1.24 bits per heavy atom. The minimum absolute atomic E-state index is 0.169. The van der Waals surface area contributed by atoms with E-state index in [1.165, 1.54) is 24.4 Å². The third-order valence-corrected chi connectivity index (χ3v) is 6.12. The van der Waals surface area contributed by atoms with Crippen LogP contribution in [0.4, 0.5) is 18.9 Å². The Morgan fingerprint density at radius 3 is 2.45 bits per heavy atom. The third kappa shape index (κ3) is 8.70. The molecule has 1 aliphatic heterocycles. The van der Waals surface area contributed by atoms with Crippen molar-refractivity contribution in [2.75, 3.05) is 44.4 Å². The van der Waals surface area contributed by atoms with Gasteiger partial charge in [0, 0.05) is 47.9 Å². The third-order valence-electron chi connectivity index (χ3n) is 4.90. The summed E-state index contributed by atoms with van der Waals surface area (Å²) in [6, 6.07) is 6.00. The number of hydrogen-bond acceptors (Lipinski definition) is 4. The second-order valence-electron chi connectivity index (χ2n) is 7.60. The van der Waals surface area contributed by atoms with Crippen LogP contribution in [0.2, 0.25) is 5.02 Å². The second kappa shape index (κ2) is 13.6. The number of benzene rings is 2. The number of morpholine rings is 1. The molecule has 2 aromatic carbocycles. The highest BCUT2D eigenvalue weighted by atomic mass is 35.5. The summed E-state index contributed by atoms with van der Waals surface area (Å²) in [6.07, 6.45) is 4.93. The molecule has 9 heteroatoms. The number of halogens is 4. The van der Waals surface area contributed by atoms with E-state index in [-0.39, 0.29) is 11.3 Å². The minimum Gasteiger partial charge on any atom is -0.379 e. The van der Waals surface area contributed by atoms with Gasteiger partial charge in [0.05, 0.1) is 18.2 Å². The second-order valence-corrected chi connectivity index (χ2v) is 8.86. The summed E-state index contributed by atoms with van der Waals surface area (Å²) in [7, 11) is 0. The number of rotatable bonds is 7. The molecule has 0 radical (unpaired) electrons. The minimum atomic E-state index is -1.58. The Bertz CT molecular complexity index is 932. The summed E-state index contributed by atoms with van der Waals surface area (Å²) < 4.78 is 44.3. The fraction of sp³-hybridized carbons (Fsp3) is 0.375. The molecule has 1 saturated heterocycles. The molecular formula is C24H28ClF3N2O2S. The van der Waals surface area contributed by atoms with Crippen molar-refractivity contribution in [2.45, 2.75) is 18.2 Å². The van der Waals surface area contributed by atoms with E-state index in [1.54, 1.807) is 18.4 Å².